The summed E-state index contributed by atoms with van der Waals surface area (Å²) in [4.78, 5) is 17.6. The SMILES string of the molecule is O=C(O)c1ccnc(N2CCC(O)(c3ccc(OCc4c(C5=C(Cl)C=IN([O-])C=C5Cl)noc4C4CC4)cc3Cl)CC2)c1. The second-order valence-electron chi connectivity index (χ2n) is 10.5. The standard InChI is InChI=1S/C29H25Cl3IN4O6/c30-21-12-18(3-4-20(21)29(40)6-9-36(10-7-29)24-11-17(28(38)39)5-8-34-24)42-15-19-26(35-43-27(19)16-1-2-16)25-22(31)13-33-37(41)14-23(25)32/h3-5,8,11-14,16,40H,1-2,6-7,9-10,15H2,(H,38,39)/q-1. The van der Waals surface area contributed by atoms with Gasteiger partial charge in [0.1, 0.15) is 29.6 Å². The quantitative estimate of drug-likeness (QED) is 0.185. The molecule has 1 saturated carbocycles. The smallest absolute Gasteiger partial charge is 0.335 e. The van der Waals surface area contributed by atoms with E-state index < -0.39 is 32.6 Å². The van der Waals surface area contributed by atoms with Gasteiger partial charge in [-0.2, -0.15) is 0 Å². The Morgan fingerprint density at radius 1 is 1.19 bits per heavy atom. The molecular weight excluding hydrogens is 734 g/mol. The number of pyridine rings is 1. The normalized spacial score (nSPS) is 18.7. The van der Waals surface area contributed by atoms with Gasteiger partial charge in [-0.15, -0.1) is 0 Å². The molecular formula is C29H25Cl3IN4O6-. The molecule has 3 aliphatic rings. The molecule has 3 aromatic rings. The number of rotatable bonds is 8. The van der Waals surface area contributed by atoms with Crippen molar-refractivity contribution in [3.63, 3.8) is 0 Å². The lowest BCUT2D eigenvalue weighted by atomic mass is 9.84. The van der Waals surface area contributed by atoms with E-state index in [0.29, 0.717) is 75.7 Å². The van der Waals surface area contributed by atoms with Crippen molar-refractivity contribution in [2.24, 2.45) is 0 Å². The van der Waals surface area contributed by atoms with Crippen LogP contribution in [0.3, 0.4) is 0 Å². The molecule has 2 N–H and O–H groups in total. The number of ether oxygens (including phenoxy) is 1. The predicted octanol–water partition coefficient (Wildman–Crippen LogP) is 6.90. The minimum Gasteiger partial charge on any atom is -0.750 e. The molecule has 0 radical (unpaired) electrons. The highest BCUT2D eigenvalue weighted by Crippen LogP contribution is 2.46. The van der Waals surface area contributed by atoms with Crippen LogP contribution < -0.4 is 9.64 Å². The van der Waals surface area contributed by atoms with Gasteiger partial charge in [0, 0.05) is 46.6 Å². The number of benzene rings is 1. The van der Waals surface area contributed by atoms with E-state index in [0.717, 1.165) is 16.1 Å². The Morgan fingerprint density at radius 2 is 1.95 bits per heavy atom. The van der Waals surface area contributed by atoms with Crippen LogP contribution in [0.4, 0.5) is 5.82 Å². The highest BCUT2D eigenvalue weighted by Gasteiger charge is 2.37. The van der Waals surface area contributed by atoms with Gasteiger partial charge in [0.25, 0.3) is 0 Å². The van der Waals surface area contributed by atoms with E-state index in [4.69, 9.17) is 44.1 Å². The maximum Gasteiger partial charge on any atom is 0.335 e. The zero-order chi connectivity index (χ0) is 30.3. The third-order valence-electron chi connectivity index (χ3n) is 7.67. The van der Waals surface area contributed by atoms with Gasteiger partial charge in [0.2, 0.25) is 0 Å². The van der Waals surface area contributed by atoms with Crippen LogP contribution in [-0.2, 0) is 12.2 Å². The molecule has 1 aromatic carbocycles. The van der Waals surface area contributed by atoms with Gasteiger partial charge in [-0.05, 0) is 71.0 Å². The molecule has 4 heterocycles. The van der Waals surface area contributed by atoms with E-state index in [1.165, 1.54) is 24.5 Å². The van der Waals surface area contributed by atoms with Crippen molar-refractivity contribution >= 4 is 77.2 Å². The maximum absolute atomic E-state index is 12.0. The average molecular weight is 759 g/mol. The van der Waals surface area contributed by atoms with E-state index in [1.54, 1.807) is 22.2 Å². The largest absolute Gasteiger partial charge is 0.750 e. The first kappa shape index (κ1) is 30.4. The minimum absolute atomic E-state index is 0.107. The van der Waals surface area contributed by atoms with Gasteiger partial charge < -0.3 is 32.9 Å². The zero-order valence-corrected chi connectivity index (χ0v) is 26.9. The lowest BCUT2D eigenvalue weighted by Crippen LogP contribution is -2.43. The van der Waals surface area contributed by atoms with Gasteiger partial charge in [-0.1, -0.05) is 46.0 Å². The first-order chi connectivity index (χ1) is 20.6. The van der Waals surface area contributed by atoms with Crippen molar-refractivity contribution in [1.29, 1.82) is 0 Å². The van der Waals surface area contributed by atoms with Crippen LogP contribution in [0.1, 0.15) is 64.5 Å². The van der Waals surface area contributed by atoms with Crippen LogP contribution in [0.2, 0.25) is 5.02 Å². The number of anilines is 1. The molecule has 6 rings (SSSR count). The van der Waals surface area contributed by atoms with Gasteiger partial charge in [0.05, 0.1) is 31.8 Å². The summed E-state index contributed by atoms with van der Waals surface area (Å²) in [6.45, 7) is 1.05. The van der Waals surface area contributed by atoms with Crippen molar-refractivity contribution in [2.45, 2.75) is 43.8 Å². The molecule has 2 fully saturated rings. The molecule has 0 atom stereocenters. The number of aromatic nitrogens is 2. The molecule has 2 aromatic heterocycles. The van der Waals surface area contributed by atoms with Crippen LogP contribution in [0.5, 0.6) is 5.75 Å². The second-order valence-corrected chi connectivity index (χ2v) is 13.8. The number of hydrogen-bond donors (Lipinski definition) is 2. The Hall–Kier alpha value is -2.68. The summed E-state index contributed by atoms with van der Waals surface area (Å²) in [6, 6.07) is 8.17. The predicted molar refractivity (Wildman–Crippen MR) is 173 cm³/mol. The molecule has 226 valence electrons. The molecule has 0 spiro atoms. The van der Waals surface area contributed by atoms with E-state index in [9.17, 15) is 20.2 Å². The molecule has 10 nitrogen and oxygen atoms in total. The zero-order valence-electron chi connectivity index (χ0n) is 22.5. The minimum atomic E-state index is -1.17. The van der Waals surface area contributed by atoms with Crippen molar-refractivity contribution in [2.75, 3.05) is 18.0 Å². The number of piperidine rings is 1. The summed E-state index contributed by atoms with van der Waals surface area (Å²) in [6.07, 6.45) is 5.49. The fraction of sp³-hybridized carbons (Fsp3) is 0.310. The number of hydroxylamine groups is 1. The molecule has 1 aliphatic carbocycles. The summed E-state index contributed by atoms with van der Waals surface area (Å²) in [5.74, 6) is 0.966. The fourth-order valence-electron chi connectivity index (χ4n) is 5.21. The molecule has 0 amide bonds. The van der Waals surface area contributed by atoms with E-state index in [-0.39, 0.29) is 23.1 Å². The van der Waals surface area contributed by atoms with Crippen molar-refractivity contribution in [3.8, 4) is 5.75 Å². The third kappa shape index (κ3) is 6.43. The molecule has 0 bridgehead atoms. The Morgan fingerprint density at radius 3 is 2.65 bits per heavy atom. The number of allylic oxidation sites excluding steroid dienone is 3. The number of aromatic carboxylic acids is 1. The van der Waals surface area contributed by atoms with Crippen LogP contribution in [0.15, 0.2) is 57.3 Å². The van der Waals surface area contributed by atoms with E-state index in [1.807, 2.05) is 4.90 Å². The van der Waals surface area contributed by atoms with Gasteiger partial charge in [0.15, 0.2) is 0 Å². The first-order valence-electron chi connectivity index (χ1n) is 13.4. The summed E-state index contributed by atoms with van der Waals surface area (Å²) in [5, 5.41) is 38.0. The summed E-state index contributed by atoms with van der Waals surface area (Å²) in [5.41, 5.74) is 1.16. The summed E-state index contributed by atoms with van der Waals surface area (Å²) < 4.78 is 14.3. The molecule has 14 heteroatoms. The monoisotopic (exact) mass is 757 g/mol. The number of carboxylic acid groups (broad SMARTS) is 1. The molecule has 2 aliphatic heterocycles. The number of hydrogen-bond acceptors (Lipinski definition) is 9. The Labute approximate surface area is 272 Å². The summed E-state index contributed by atoms with van der Waals surface area (Å²) in [7, 11) is 0. The van der Waals surface area contributed by atoms with E-state index in [2.05, 4.69) is 10.1 Å². The number of nitrogens with zero attached hydrogens (tertiary/aromatic N) is 4. The summed E-state index contributed by atoms with van der Waals surface area (Å²) >= 11 is 18.7. The Kier molecular flexibility index (Phi) is 8.73. The van der Waals surface area contributed by atoms with E-state index >= 15 is 0 Å². The van der Waals surface area contributed by atoms with Gasteiger partial charge >= 0.3 is 5.97 Å². The number of aliphatic hydroxyl groups is 1. The van der Waals surface area contributed by atoms with Crippen LogP contribution >= 0.6 is 55.8 Å². The third-order valence-corrected chi connectivity index (χ3v) is 10.7. The lowest BCUT2D eigenvalue weighted by Gasteiger charge is -2.39. The second kappa shape index (κ2) is 12.4. The van der Waals surface area contributed by atoms with Gasteiger partial charge in [-0.3, -0.25) is 0 Å². The number of carboxylic acids is 1. The van der Waals surface area contributed by atoms with Crippen molar-refractivity contribution in [3.05, 3.63) is 91.2 Å². The first-order valence-corrected chi connectivity index (χ1v) is 16.8. The van der Waals surface area contributed by atoms with Crippen LogP contribution in [0, 0.1) is 5.21 Å². The molecule has 43 heavy (non-hydrogen) atoms. The Balaban J connectivity index is 1.18. The highest BCUT2D eigenvalue weighted by molar-refractivity contribution is 14.2. The van der Waals surface area contributed by atoms with Crippen molar-refractivity contribution in [1.82, 2.24) is 13.4 Å². The topological polar surface area (TPSA) is 135 Å². The molecule has 0 unspecified atom stereocenters. The number of halogens is 4. The highest BCUT2D eigenvalue weighted by atomic mass is 127. The van der Waals surface area contributed by atoms with Crippen molar-refractivity contribution < 1.29 is 24.3 Å². The van der Waals surface area contributed by atoms with Gasteiger partial charge in [-0.25, -0.2) is 9.78 Å². The lowest BCUT2D eigenvalue weighted by molar-refractivity contribution is 0.0117. The average Bonchev–Trinajstić information content (AvgIpc) is 3.77. The fourth-order valence-corrected chi connectivity index (χ4v) is 7.76. The van der Waals surface area contributed by atoms with Crippen LogP contribution in [-0.4, -0.2) is 46.7 Å². The number of carbonyl (C=O) groups is 1. The Bertz CT molecular complexity index is 1660. The van der Waals surface area contributed by atoms with Crippen LogP contribution in [0.25, 0.3) is 5.57 Å². The maximum atomic E-state index is 12.0. The molecule has 1 saturated heterocycles.